The standard InChI is InChI=1S/C13H17ClN2O3/c1-8(7-15)2-5-12(17)16-11-4-3-9(13(18)19)6-10(11)14/h3-4,6,8H,2,5,7,15H2,1H3,(H,16,17)(H,18,19). The van der Waals surface area contributed by atoms with E-state index in [0.717, 1.165) is 0 Å². The molecule has 1 unspecified atom stereocenters. The van der Waals surface area contributed by atoms with Crippen molar-refractivity contribution in [1.29, 1.82) is 0 Å². The van der Waals surface area contributed by atoms with Gasteiger partial charge in [0.15, 0.2) is 0 Å². The van der Waals surface area contributed by atoms with E-state index >= 15 is 0 Å². The number of nitrogens with one attached hydrogen (secondary N) is 1. The summed E-state index contributed by atoms with van der Waals surface area (Å²) < 4.78 is 0. The summed E-state index contributed by atoms with van der Waals surface area (Å²) >= 11 is 5.91. The molecule has 0 saturated heterocycles. The number of hydrogen-bond donors (Lipinski definition) is 3. The Morgan fingerprint density at radius 3 is 2.68 bits per heavy atom. The number of anilines is 1. The minimum absolute atomic E-state index is 0.0831. The molecule has 0 heterocycles. The van der Waals surface area contributed by atoms with Gasteiger partial charge in [0.25, 0.3) is 0 Å². The van der Waals surface area contributed by atoms with E-state index < -0.39 is 5.97 Å². The maximum absolute atomic E-state index is 11.7. The number of carboxylic acids is 1. The summed E-state index contributed by atoms with van der Waals surface area (Å²) in [7, 11) is 0. The predicted molar refractivity (Wildman–Crippen MR) is 74.5 cm³/mol. The van der Waals surface area contributed by atoms with E-state index in [1.54, 1.807) is 0 Å². The molecule has 1 rings (SSSR count). The number of carboxylic acid groups (broad SMARTS) is 1. The molecule has 0 saturated carbocycles. The topological polar surface area (TPSA) is 92.4 Å². The van der Waals surface area contributed by atoms with Gasteiger partial charge in [0.1, 0.15) is 0 Å². The quantitative estimate of drug-likeness (QED) is 0.747. The van der Waals surface area contributed by atoms with Crippen LogP contribution in [0.1, 0.15) is 30.1 Å². The van der Waals surface area contributed by atoms with Crippen molar-refractivity contribution in [3.8, 4) is 0 Å². The number of carbonyl (C=O) groups excluding carboxylic acids is 1. The molecule has 0 spiro atoms. The number of nitrogens with two attached hydrogens (primary N) is 1. The zero-order valence-corrected chi connectivity index (χ0v) is 11.4. The third-order valence-corrected chi connectivity index (χ3v) is 3.07. The zero-order chi connectivity index (χ0) is 14.4. The maximum Gasteiger partial charge on any atom is 0.335 e. The highest BCUT2D eigenvalue weighted by Gasteiger charge is 2.10. The summed E-state index contributed by atoms with van der Waals surface area (Å²) in [5, 5.41) is 11.7. The second-order valence-corrected chi connectivity index (χ2v) is 4.83. The minimum atomic E-state index is -1.06. The highest BCUT2D eigenvalue weighted by molar-refractivity contribution is 6.34. The highest BCUT2D eigenvalue weighted by Crippen LogP contribution is 2.23. The first-order valence-corrected chi connectivity index (χ1v) is 6.34. The van der Waals surface area contributed by atoms with E-state index in [1.165, 1.54) is 18.2 Å². The summed E-state index contributed by atoms with van der Waals surface area (Å²) in [6, 6.07) is 4.18. The molecule has 5 nitrogen and oxygen atoms in total. The first kappa shape index (κ1) is 15.5. The number of hydrogen-bond acceptors (Lipinski definition) is 3. The van der Waals surface area contributed by atoms with Crippen LogP contribution in [0.5, 0.6) is 0 Å². The second-order valence-electron chi connectivity index (χ2n) is 4.43. The van der Waals surface area contributed by atoms with E-state index in [9.17, 15) is 9.59 Å². The van der Waals surface area contributed by atoms with Gasteiger partial charge >= 0.3 is 5.97 Å². The average molecular weight is 285 g/mol. The lowest BCUT2D eigenvalue weighted by atomic mass is 10.1. The van der Waals surface area contributed by atoms with Crippen LogP contribution in [-0.4, -0.2) is 23.5 Å². The molecule has 1 amide bonds. The van der Waals surface area contributed by atoms with Gasteiger partial charge in [0.05, 0.1) is 16.3 Å². The lowest BCUT2D eigenvalue weighted by molar-refractivity contribution is -0.116. The molecular weight excluding hydrogens is 268 g/mol. The predicted octanol–water partition coefficient (Wildman–Crippen LogP) is 2.35. The third-order valence-electron chi connectivity index (χ3n) is 2.76. The summed E-state index contributed by atoms with van der Waals surface area (Å²) in [6.07, 6.45) is 1.06. The Morgan fingerprint density at radius 1 is 1.47 bits per heavy atom. The average Bonchev–Trinajstić information content (AvgIpc) is 2.38. The Bertz CT molecular complexity index is 477. The van der Waals surface area contributed by atoms with Crippen LogP contribution >= 0.6 is 11.6 Å². The van der Waals surface area contributed by atoms with E-state index in [4.69, 9.17) is 22.4 Å². The van der Waals surface area contributed by atoms with Crippen LogP contribution in [0.2, 0.25) is 5.02 Å². The number of rotatable bonds is 6. The largest absolute Gasteiger partial charge is 0.478 e. The molecule has 1 atom stereocenters. The van der Waals surface area contributed by atoms with Crippen molar-refractivity contribution in [2.24, 2.45) is 11.7 Å². The monoisotopic (exact) mass is 284 g/mol. The Morgan fingerprint density at radius 2 is 2.16 bits per heavy atom. The van der Waals surface area contributed by atoms with Gasteiger partial charge < -0.3 is 16.2 Å². The van der Waals surface area contributed by atoms with Crippen molar-refractivity contribution in [2.75, 3.05) is 11.9 Å². The van der Waals surface area contributed by atoms with E-state index in [-0.39, 0.29) is 22.4 Å². The van der Waals surface area contributed by atoms with Gasteiger partial charge in [-0.15, -0.1) is 0 Å². The molecule has 0 aliphatic carbocycles. The first-order chi connectivity index (χ1) is 8.93. The van der Waals surface area contributed by atoms with Crippen molar-refractivity contribution in [3.05, 3.63) is 28.8 Å². The van der Waals surface area contributed by atoms with Crippen molar-refractivity contribution in [1.82, 2.24) is 0 Å². The molecule has 104 valence electrons. The Hall–Kier alpha value is -1.59. The van der Waals surface area contributed by atoms with Crippen molar-refractivity contribution in [2.45, 2.75) is 19.8 Å². The second kappa shape index (κ2) is 7.11. The van der Waals surface area contributed by atoms with Crippen LogP contribution in [0.3, 0.4) is 0 Å². The normalized spacial score (nSPS) is 11.9. The van der Waals surface area contributed by atoms with E-state index in [0.29, 0.717) is 25.1 Å². The number of carbonyl (C=O) groups is 2. The van der Waals surface area contributed by atoms with Gasteiger partial charge in [-0.05, 0) is 37.1 Å². The molecular formula is C13H17ClN2O3. The Labute approximate surface area is 116 Å². The van der Waals surface area contributed by atoms with Gasteiger partial charge in [0.2, 0.25) is 5.91 Å². The summed E-state index contributed by atoms with van der Waals surface area (Å²) in [6.45, 7) is 2.52. The van der Waals surface area contributed by atoms with E-state index in [2.05, 4.69) is 5.32 Å². The van der Waals surface area contributed by atoms with Crippen LogP contribution in [-0.2, 0) is 4.79 Å². The molecule has 0 radical (unpaired) electrons. The smallest absolute Gasteiger partial charge is 0.335 e. The lowest BCUT2D eigenvalue weighted by Crippen LogP contribution is -2.16. The van der Waals surface area contributed by atoms with Gasteiger partial charge in [-0.25, -0.2) is 4.79 Å². The van der Waals surface area contributed by atoms with Crippen LogP contribution in [0.15, 0.2) is 18.2 Å². The lowest BCUT2D eigenvalue weighted by Gasteiger charge is -2.10. The molecule has 0 aliphatic rings. The van der Waals surface area contributed by atoms with Gasteiger partial charge in [-0.3, -0.25) is 4.79 Å². The summed E-state index contributed by atoms with van der Waals surface area (Å²) in [5.41, 5.74) is 5.97. The van der Waals surface area contributed by atoms with Crippen LogP contribution < -0.4 is 11.1 Å². The SMILES string of the molecule is CC(CN)CCC(=O)Nc1ccc(C(=O)O)cc1Cl. The van der Waals surface area contributed by atoms with Gasteiger partial charge in [-0.1, -0.05) is 18.5 Å². The molecule has 0 fully saturated rings. The molecule has 0 bridgehead atoms. The minimum Gasteiger partial charge on any atom is -0.478 e. The van der Waals surface area contributed by atoms with E-state index in [1.807, 2.05) is 6.92 Å². The third kappa shape index (κ3) is 4.89. The fourth-order valence-corrected chi connectivity index (χ4v) is 1.69. The number of amides is 1. The Balaban J connectivity index is 2.62. The van der Waals surface area contributed by atoms with Crippen molar-refractivity contribution in [3.63, 3.8) is 0 Å². The fraction of sp³-hybridized carbons (Fsp3) is 0.385. The number of benzene rings is 1. The van der Waals surface area contributed by atoms with Crippen LogP contribution in [0.25, 0.3) is 0 Å². The summed E-state index contributed by atoms with van der Waals surface area (Å²) in [4.78, 5) is 22.4. The molecule has 1 aromatic carbocycles. The molecule has 6 heteroatoms. The van der Waals surface area contributed by atoms with Crippen LogP contribution in [0.4, 0.5) is 5.69 Å². The van der Waals surface area contributed by atoms with Crippen LogP contribution in [0, 0.1) is 5.92 Å². The number of aromatic carboxylic acids is 1. The molecule has 1 aromatic rings. The zero-order valence-electron chi connectivity index (χ0n) is 10.6. The molecule has 4 N–H and O–H groups in total. The Kier molecular flexibility index (Phi) is 5.79. The highest BCUT2D eigenvalue weighted by atomic mass is 35.5. The van der Waals surface area contributed by atoms with Gasteiger partial charge in [0, 0.05) is 6.42 Å². The molecule has 19 heavy (non-hydrogen) atoms. The first-order valence-electron chi connectivity index (χ1n) is 5.96. The van der Waals surface area contributed by atoms with Crippen molar-refractivity contribution >= 4 is 29.2 Å². The summed E-state index contributed by atoms with van der Waals surface area (Å²) in [5.74, 6) is -0.933. The molecule has 0 aromatic heterocycles. The fourth-order valence-electron chi connectivity index (χ4n) is 1.46. The molecule has 0 aliphatic heterocycles. The number of halogens is 1. The maximum atomic E-state index is 11.7. The van der Waals surface area contributed by atoms with Gasteiger partial charge in [-0.2, -0.15) is 0 Å². The van der Waals surface area contributed by atoms with Crippen molar-refractivity contribution < 1.29 is 14.7 Å².